The first kappa shape index (κ1) is 31.5. The third kappa shape index (κ3) is 6.20. The summed E-state index contributed by atoms with van der Waals surface area (Å²) < 4.78 is 13.5. The fraction of sp³-hybridized carbons (Fsp3) is 0.359. The van der Waals surface area contributed by atoms with Crippen LogP contribution in [0.25, 0.3) is 11.1 Å². The van der Waals surface area contributed by atoms with Crippen LogP contribution in [-0.2, 0) is 27.4 Å². The van der Waals surface area contributed by atoms with Crippen molar-refractivity contribution in [3.05, 3.63) is 125 Å². The number of hydrogen-bond acceptors (Lipinski definition) is 7. The molecule has 244 valence electrons. The van der Waals surface area contributed by atoms with Gasteiger partial charge in [-0.3, -0.25) is 4.79 Å². The molecule has 47 heavy (non-hydrogen) atoms. The quantitative estimate of drug-likeness (QED) is 0.235. The van der Waals surface area contributed by atoms with Gasteiger partial charge in [-0.2, -0.15) is 0 Å². The predicted molar refractivity (Wildman–Crippen MR) is 183 cm³/mol. The van der Waals surface area contributed by atoms with E-state index in [9.17, 15) is 9.90 Å². The molecule has 4 atom stereocenters. The molecular formula is C39H44N4O4. The van der Waals surface area contributed by atoms with Crippen LogP contribution in [0.1, 0.15) is 54.4 Å². The summed E-state index contributed by atoms with van der Waals surface area (Å²) in [4.78, 5) is 17.9. The lowest BCUT2D eigenvalue weighted by Gasteiger charge is -2.46. The van der Waals surface area contributed by atoms with Crippen LogP contribution in [0, 0.1) is 5.92 Å². The highest BCUT2D eigenvalue weighted by atomic mass is 16.7. The Hall–Kier alpha value is -4.05. The number of para-hydroxylation sites is 1. The molecule has 8 nitrogen and oxygen atoms in total. The van der Waals surface area contributed by atoms with E-state index in [4.69, 9.17) is 15.2 Å². The van der Waals surface area contributed by atoms with Gasteiger partial charge >= 0.3 is 0 Å². The minimum absolute atomic E-state index is 0.00548. The normalized spacial score (nSPS) is 24.4. The van der Waals surface area contributed by atoms with Gasteiger partial charge in [-0.15, -0.1) is 0 Å². The standard InChI is InChI=1S/C39H44N4O4/c1-27-35(24-42-21-19-39(20-22-42)38(45)41-26-43(39)33-8-3-2-4-9-33)46-37(47-36(27)30-13-11-28(25-44)12-14-30)31-17-15-29(16-18-31)34-10-6-5-7-32(34)23-40/h2-18,27,35-37,44H,19-26,40H2,1H3,(H,41,45)/t27-,35+,36+,37+/m0/s1. The number of benzene rings is 4. The Morgan fingerprint density at radius 1 is 0.872 bits per heavy atom. The van der Waals surface area contributed by atoms with E-state index in [1.54, 1.807) is 0 Å². The molecule has 3 heterocycles. The Morgan fingerprint density at radius 3 is 2.26 bits per heavy atom. The number of ether oxygens (including phenoxy) is 2. The van der Waals surface area contributed by atoms with E-state index < -0.39 is 11.8 Å². The van der Waals surface area contributed by atoms with Gasteiger partial charge in [0.25, 0.3) is 0 Å². The summed E-state index contributed by atoms with van der Waals surface area (Å²) in [6, 6.07) is 34.9. The second-order valence-electron chi connectivity index (χ2n) is 13.1. The number of anilines is 1. The van der Waals surface area contributed by atoms with Crippen LogP contribution >= 0.6 is 0 Å². The second kappa shape index (κ2) is 13.6. The Balaban J connectivity index is 1.11. The van der Waals surface area contributed by atoms with Crippen LogP contribution in [0.3, 0.4) is 0 Å². The minimum Gasteiger partial charge on any atom is -0.392 e. The van der Waals surface area contributed by atoms with Crippen molar-refractivity contribution in [2.24, 2.45) is 11.7 Å². The zero-order valence-electron chi connectivity index (χ0n) is 26.9. The number of rotatable bonds is 8. The molecule has 0 unspecified atom stereocenters. The topological polar surface area (TPSA) is 100 Å². The molecule has 3 aliphatic heterocycles. The molecule has 3 fully saturated rings. The number of piperidine rings is 1. The van der Waals surface area contributed by atoms with Crippen LogP contribution in [0.4, 0.5) is 5.69 Å². The first-order chi connectivity index (χ1) is 23.0. The smallest absolute Gasteiger partial charge is 0.247 e. The fourth-order valence-electron chi connectivity index (χ4n) is 7.52. The number of hydrogen-bond donors (Lipinski definition) is 3. The molecule has 3 aliphatic rings. The number of aliphatic hydroxyl groups is 1. The summed E-state index contributed by atoms with van der Waals surface area (Å²) in [6.45, 7) is 5.59. The lowest BCUT2D eigenvalue weighted by molar-refractivity contribution is -0.276. The molecule has 8 heteroatoms. The fourth-order valence-corrected chi connectivity index (χ4v) is 7.52. The zero-order valence-corrected chi connectivity index (χ0v) is 26.9. The Kier molecular flexibility index (Phi) is 9.12. The number of carbonyl (C=O) groups is 1. The van der Waals surface area contributed by atoms with Gasteiger partial charge in [0, 0.05) is 43.3 Å². The third-order valence-electron chi connectivity index (χ3n) is 10.4. The monoisotopic (exact) mass is 632 g/mol. The van der Waals surface area contributed by atoms with Crippen molar-refractivity contribution >= 4 is 11.6 Å². The maximum absolute atomic E-state index is 13.2. The van der Waals surface area contributed by atoms with Crippen LogP contribution in [0.5, 0.6) is 0 Å². The summed E-state index contributed by atoms with van der Waals surface area (Å²) in [6.07, 6.45) is 0.696. The SMILES string of the molecule is C[C@H]1[C@@H](CN2CCC3(CC2)C(=O)NCN3c2ccccc2)O[C@@H](c2ccc(-c3ccccc3CN)cc2)O[C@H]1c1ccc(CO)cc1. The highest BCUT2D eigenvalue weighted by Gasteiger charge is 2.51. The third-order valence-corrected chi connectivity index (χ3v) is 10.4. The molecule has 0 aliphatic carbocycles. The molecule has 0 aromatic heterocycles. The number of aliphatic hydroxyl groups excluding tert-OH is 1. The van der Waals surface area contributed by atoms with Gasteiger partial charge in [-0.1, -0.05) is 97.9 Å². The summed E-state index contributed by atoms with van der Waals surface area (Å²) in [7, 11) is 0. The van der Waals surface area contributed by atoms with Crippen LogP contribution in [0.2, 0.25) is 0 Å². The van der Waals surface area contributed by atoms with Gasteiger partial charge in [-0.05, 0) is 52.8 Å². The molecule has 4 aromatic rings. The van der Waals surface area contributed by atoms with Gasteiger partial charge in [0.05, 0.1) is 25.5 Å². The Bertz CT molecular complexity index is 1650. The van der Waals surface area contributed by atoms with Crippen molar-refractivity contribution in [2.75, 3.05) is 31.2 Å². The van der Waals surface area contributed by atoms with E-state index in [-0.39, 0.29) is 30.6 Å². The number of amides is 1. The van der Waals surface area contributed by atoms with Crippen molar-refractivity contribution in [3.63, 3.8) is 0 Å². The van der Waals surface area contributed by atoms with E-state index in [2.05, 4.69) is 82.7 Å². The minimum atomic E-state index is -0.539. The molecule has 0 bridgehead atoms. The number of likely N-dealkylation sites (tertiary alicyclic amines) is 1. The first-order valence-corrected chi connectivity index (χ1v) is 16.7. The van der Waals surface area contributed by atoms with Crippen molar-refractivity contribution in [2.45, 2.75) is 57.0 Å². The average molecular weight is 633 g/mol. The van der Waals surface area contributed by atoms with Crippen LogP contribution in [0.15, 0.2) is 103 Å². The molecular weight excluding hydrogens is 588 g/mol. The van der Waals surface area contributed by atoms with E-state index >= 15 is 0 Å². The van der Waals surface area contributed by atoms with Crippen LogP contribution in [-0.4, -0.2) is 53.9 Å². The number of nitrogens with zero attached hydrogens (tertiary/aromatic N) is 2. The summed E-state index contributed by atoms with van der Waals surface area (Å²) in [5, 5.41) is 12.7. The van der Waals surface area contributed by atoms with Crippen molar-refractivity contribution in [3.8, 4) is 11.1 Å². The first-order valence-electron chi connectivity index (χ1n) is 16.7. The summed E-state index contributed by atoms with van der Waals surface area (Å²) >= 11 is 0. The van der Waals surface area contributed by atoms with Gasteiger partial charge < -0.3 is 35.4 Å². The number of nitrogens with two attached hydrogens (primary N) is 1. The van der Waals surface area contributed by atoms with Gasteiger partial charge in [0.2, 0.25) is 5.91 Å². The highest BCUT2D eigenvalue weighted by molar-refractivity contribution is 5.93. The molecule has 4 aromatic carbocycles. The molecule has 4 N–H and O–H groups in total. The predicted octanol–water partition coefficient (Wildman–Crippen LogP) is 5.52. The van der Waals surface area contributed by atoms with E-state index in [1.165, 1.54) is 0 Å². The van der Waals surface area contributed by atoms with Crippen molar-refractivity contribution in [1.82, 2.24) is 10.2 Å². The lowest BCUT2D eigenvalue weighted by atomic mass is 9.84. The zero-order chi connectivity index (χ0) is 32.4. The lowest BCUT2D eigenvalue weighted by Crippen LogP contribution is -2.57. The van der Waals surface area contributed by atoms with E-state index in [0.29, 0.717) is 13.2 Å². The van der Waals surface area contributed by atoms with Gasteiger partial charge in [0.15, 0.2) is 6.29 Å². The van der Waals surface area contributed by atoms with Gasteiger partial charge in [0.1, 0.15) is 5.54 Å². The number of carbonyl (C=O) groups excluding carboxylic acids is 1. The largest absolute Gasteiger partial charge is 0.392 e. The Labute approximate surface area is 277 Å². The second-order valence-corrected chi connectivity index (χ2v) is 13.1. The maximum atomic E-state index is 13.2. The molecule has 7 rings (SSSR count). The molecule has 1 spiro atoms. The van der Waals surface area contributed by atoms with Gasteiger partial charge in [-0.25, -0.2) is 0 Å². The average Bonchev–Trinajstić information content (AvgIpc) is 3.44. The van der Waals surface area contributed by atoms with Crippen molar-refractivity contribution in [1.29, 1.82) is 0 Å². The highest BCUT2D eigenvalue weighted by Crippen LogP contribution is 2.43. The molecule has 0 radical (unpaired) electrons. The number of nitrogens with one attached hydrogen (secondary N) is 1. The summed E-state index contributed by atoms with van der Waals surface area (Å²) in [5.41, 5.74) is 12.8. The van der Waals surface area contributed by atoms with Crippen molar-refractivity contribution < 1.29 is 19.4 Å². The van der Waals surface area contributed by atoms with E-state index in [0.717, 1.165) is 71.5 Å². The Morgan fingerprint density at radius 2 is 1.55 bits per heavy atom. The van der Waals surface area contributed by atoms with E-state index in [1.807, 2.05) is 42.5 Å². The molecule has 3 saturated heterocycles. The summed E-state index contributed by atoms with van der Waals surface area (Å²) in [5.74, 6) is 0.203. The van der Waals surface area contributed by atoms with Crippen LogP contribution < -0.4 is 16.0 Å². The molecule has 1 amide bonds. The maximum Gasteiger partial charge on any atom is 0.247 e. The molecule has 0 saturated carbocycles.